The van der Waals surface area contributed by atoms with E-state index in [9.17, 15) is 38.4 Å². The Bertz CT molecular complexity index is 2110. The molecule has 0 unspecified atom stereocenters. The number of nitrogens with one attached hydrogen (secondary N) is 7. The van der Waals surface area contributed by atoms with Gasteiger partial charge in [-0.15, -0.1) is 0 Å². The SMILES string of the molecule is CCCCCCNC(=O)[C@H](Cc1ccccc1)NC(=O)[C@@H](NC(=O)c1ccc(NC(=O)[C@H](CCCN=C(N)N)NC(=O)[C@@H]2CCCN2C(=O)[C@H](CCCN=C(N)N)NC(=O)CNC(C)=O)cc1)C(C)C. The normalized spacial score (nSPS) is 14.7. The minimum atomic E-state index is -1.12. The summed E-state index contributed by atoms with van der Waals surface area (Å²) in [5.74, 6) is -4.78. The molecule has 70 heavy (non-hydrogen) atoms. The maximum atomic E-state index is 14.0. The molecule has 0 spiro atoms. The molecule has 1 aliphatic heterocycles. The highest BCUT2D eigenvalue weighted by atomic mass is 16.2. The summed E-state index contributed by atoms with van der Waals surface area (Å²) in [7, 11) is 0. The molecule has 1 heterocycles. The third-order valence-electron chi connectivity index (χ3n) is 11.4. The van der Waals surface area contributed by atoms with Gasteiger partial charge in [-0.3, -0.25) is 48.3 Å². The van der Waals surface area contributed by atoms with Gasteiger partial charge >= 0.3 is 0 Å². The van der Waals surface area contributed by atoms with Gasteiger partial charge in [-0.2, -0.15) is 0 Å². The van der Waals surface area contributed by atoms with Crippen LogP contribution in [0.4, 0.5) is 5.69 Å². The molecule has 0 saturated carbocycles. The average molecular weight is 975 g/mol. The minimum Gasteiger partial charge on any atom is -0.370 e. The van der Waals surface area contributed by atoms with E-state index < -0.39 is 71.6 Å². The first kappa shape index (κ1) is 57.1. The first-order chi connectivity index (χ1) is 33.4. The van der Waals surface area contributed by atoms with E-state index in [-0.39, 0.29) is 81.2 Å². The van der Waals surface area contributed by atoms with Crippen molar-refractivity contribution in [1.82, 2.24) is 36.8 Å². The van der Waals surface area contributed by atoms with Crippen molar-refractivity contribution in [2.75, 3.05) is 38.0 Å². The summed E-state index contributed by atoms with van der Waals surface area (Å²) in [4.78, 5) is 116. The topological polar surface area (TPSA) is 353 Å². The Morgan fingerprint density at radius 3 is 1.94 bits per heavy atom. The first-order valence-corrected chi connectivity index (χ1v) is 24.0. The maximum Gasteiger partial charge on any atom is 0.251 e. The minimum absolute atomic E-state index is 0.105. The molecule has 3 rings (SSSR count). The number of unbranched alkanes of at least 4 members (excludes halogenated alkanes) is 3. The number of guanidine groups is 2. The van der Waals surface area contributed by atoms with Crippen LogP contribution in [-0.2, 0) is 40.0 Å². The van der Waals surface area contributed by atoms with Crippen LogP contribution < -0.4 is 60.2 Å². The van der Waals surface area contributed by atoms with Gasteiger partial charge in [0.05, 0.1) is 6.54 Å². The molecule has 15 N–H and O–H groups in total. The lowest BCUT2D eigenvalue weighted by molar-refractivity contribution is -0.142. The van der Waals surface area contributed by atoms with Gasteiger partial charge in [0, 0.05) is 50.8 Å². The van der Waals surface area contributed by atoms with Crippen molar-refractivity contribution in [3.8, 4) is 0 Å². The van der Waals surface area contributed by atoms with Gasteiger partial charge in [0.2, 0.25) is 41.4 Å². The number of aliphatic imine (C=N–C) groups is 2. The second-order valence-electron chi connectivity index (χ2n) is 17.5. The van der Waals surface area contributed by atoms with Crippen LogP contribution in [0.3, 0.4) is 0 Å². The van der Waals surface area contributed by atoms with Crippen molar-refractivity contribution in [2.24, 2.45) is 38.8 Å². The number of likely N-dealkylation sites (tertiary alicyclic amines) is 1. The Morgan fingerprint density at radius 2 is 1.34 bits per heavy atom. The van der Waals surface area contributed by atoms with Crippen LogP contribution in [0.5, 0.6) is 0 Å². The summed E-state index contributed by atoms with van der Waals surface area (Å²) in [6.45, 7) is 7.59. The highest BCUT2D eigenvalue weighted by Gasteiger charge is 2.39. The molecule has 8 amide bonds. The summed E-state index contributed by atoms with van der Waals surface area (Å²) in [5.41, 5.74) is 23.2. The molecule has 384 valence electrons. The predicted octanol–water partition coefficient (Wildman–Crippen LogP) is 0.00740. The van der Waals surface area contributed by atoms with E-state index >= 15 is 0 Å². The van der Waals surface area contributed by atoms with Crippen LogP contribution in [0.2, 0.25) is 0 Å². The number of rotatable bonds is 29. The third kappa shape index (κ3) is 20.5. The van der Waals surface area contributed by atoms with Crippen molar-refractivity contribution in [3.05, 3.63) is 65.7 Å². The number of nitrogens with two attached hydrogens (primary N) is 4. The summed E-state index contributed by atoms with van der Waals surface area (Å²) >= 11 is 0. The van der Waals surface area contributed by atoms with Gasteiger partial charge in [-0.05, 0) is 80.7 Å². The average Bonchev–Trinajstić information content (AvgIpc) is 3.82. The molecule has 22 nitrogen and oxygen atoms in total. The molecule has 5 atom stereocenters. The van der Waals surface area contributed by atoms with E-state index in [0.717, 1.165) is 31.2 Å². The number of anilines is 1. The van der Waals surface area contributed by atoms with E-state index in [4.69, 9.17) is 22.9 Å². The van der Waals surface area contributed by atoms with Gasteiger partial charge in [0.15, 0.2) is 11.9 Å². The first-order valence-electron chi connectivity index (χ1n) is 24.0. The number of hydrogen-bond donors (Lipinski definition) is 11. The predicted molar refractivity (Wildman–Crippen MR) is 267 cm³/mol. The molecule has 1 fully saturated rings. The van der Waals surface area contributed by atoms with Crippen molar-refractivity contribution in [1.29, 1.82) is 0 Å². The number of carbonyl (C=O) groups excluding carboxylic acids is 8. The van der Waals surface area contributed by atoms with Crippen molar-refractivity contribution in [3.63, 3.8) is 0 Å². The smallest absolute Gasteiger partial charge is 0.251 e. The van der Waals surface area contributed by atoms with E-state index in [1.54, 1.807) is 13.8 Å². The summed E-state index contributed by atoms with van der Waals surface area (Å²) in [6, 6.07) is 10.3. The summed E-state index contributed by atoms with van der Waals surface area (Å²) in [5, 5.41) is 19.2. The fourth-order valence-corrected chi connectivity index (χ4v) is 7.66. The van der Waals surface area contributed by atoms with Crippen LogP contribution >= 0.6 is 0 Å². The zero-order valence-corrected chi connectivity index (χ0v) is 40.9. The fourth-order valence-electron chi connectivity index (χ4n) is 7.66. The van der Waals surface area contributed by atoms with Crippen molar-refractivity contribution >= 4 is 64.9 Å². The second kappa shape index (κ2) is 30.3. The van der Waals surface area contributed by atoms with Crippen LogP contribution in [-0.4, -0.2) is 127 Å². The molecular formula is C48H74N14O8. The van der Waals surface area contributed by atoms with Crippen LogP contribution in [0.1, 0.15) is 108 Å². The molecule has 1 saturated heterocycles. The highest BCUT2D eigenvalue weighted by Crippen LogP contribution is 2.21. The zero-order chi connectivity index (χ0) is 51.6. The van der Waals surface area contributed by atoms with E-state index in [2.05, 4.69) is 54.1 Å². The lowest BCUT2D eigenvalue weighted by Crippen LogP contribution is -2.56. The monoisotopic (exact) mass is 975 g/mol. The second-order valence-corrected chi connectivity index (χ2v) is 17.5. The summed E-state index contributed by atoms with van der Waals surface area (Å²) < 4.78 is 0. The maximum absolute atomic E-state index is 14.0. The van der Waals surface area contributed by atoms with Crippen LogP contribution in [0.25, 0.3) is 0 Å². The molecule has 0 aliphatic carbocycles. The molecule has 2 aromatic rings. The Kier molecular flexibility index (Phi) is 24.7. The standard InChI is InChI=1S/C48H74N14O8/c1-5-6-7-11-24-53-42(66)37(28-32-15-9-8-10-16-32)60-45(69)40(30(2)3)61-41(65)33-20-22-34(23-21-33)57-43(67)35(17-12-25-54-47(49)50)59-44(68)38-19-14-27-62(38)46(70)36(18-13-26-55-48(51)52)58-39(64)29-56-31(4)63/h8-10,15-16,20-23,30,35-38,40H,5-7,11-14,17-19,24-29H2,1-4H3,(H,53,66)(H,56,63)(H,57,67)(H,58,64)(H,59,68)(H,60,69)(H,61,65)(H4,49,50,54)(H4,51,52,55)/t35-,36-,37-,38-,40-/m0/s1. The molecule has 0 bridgehead atoms. The molecule has 22 heteroatoms. The van der Waals surface area contributed by atoms with Gasteiger partial charge in [0.25, 0.3) is 5.91 Å². The van der Waals surface area contributed by atoms with Crippen LogP contribution in [0, 0.1) is 5.92 Å². The Labute approximate surface area is 410 Å². The number of carbonyl (C=O) groups is 8. The third-order valence-corrected chi connectivity index (χ3v) is 11.4. The van der Waals surface area contributed by atoms with Crippen molar-refractivity contribution < 1.29 is 38.4 Å². The Hall–Kier alpha value is -7.26. The number of nitrogens with zero attached hydrogens (tertiary/aromatic N) is 3. The lowest BCUT2D eigenvalue weighted by atomic mass is 10.0. The Balaban J connectivity index is 1.73. The van der Waals surface area contributed by atoms with E-state index in [0.29, 0.717) is 31.5 Å². The van der Waals surface area contributed by atoms with Gasteiger partial charge in [-0.1, -0.05) is 70.4 Å². The molecular weight excluding hydrogens is 901 g/mol. The van der Waals surface area contributed by atoms with Crippen LogP contribution in [0.15, 0.2) is 64.6 Å². The van der Waals surface area contributed by atoms with Crippen molar-refractivity contribution in [2.45, 2.75) is 129 Å². The molecule has 0 aromatic heterocycles. The fraction of sp³-hybridized carbons (Fsp3) is 0.542. The van der Waals surface area contributed by atoms with Gasteiger partial charge < -0.3 is 65.1 Å². The van der Waals surface area contributed by atoms with Gasteiger partial charge in [-0.25, -0.2) is 0 Å². The lowest BCUT2D eigenvalue weighted by Gasteiger charge is -2.30. The largest absolute Gasteiger partial charge is 0.370 e. The number of benzene rings is 2. The Morgan fingerprint density at radius 1 is 0.700 bits per heavy atom. The molecule has 1 aliphatic rings. The highest BCUT2D eigenvalue weighted by molar-refractivity contribution is 6.01. The summed E-state index contributed by atoms with van der Waals surface area (Å²) in [6.07, 6.45) is 5.78. The van der Waals surface area contributed by atoms with E-state index in [1.165, 1.54) is 36.1 Å². The number of amides is 8. The quantitative estimate of drug-likeness (QED) is 0.0292. The molecule has 2 aromatic carbocycles. The number of hydrogen-bond acceptors (Lipinski definition) is 10. The molecule has 0 radical (unpaired) electrons. The van der Waals surface area contributed by atoms with Gasteiger partial charge in [0.1, 0.15) is 30.2 Å². The zero-order valence-electron chi connectivity index (χ0n) is 40.9. The van der Waals surface area contributed by atoms with E-state index in [1.807, 2.05) is 30.3 Å².